The van der Waals surface area contributed by atoms with Crippen molar-refractivity contribution in [1.82, 2.24) is 9.55 Å². The van der Waals surface area contributed by atoms with Gasteiger partial charge >= 0.3 is 0 Å². The number of hydrogen-bond acceptors (Lipinski definition) is 4. The minimum Gasteiger partial charge on any atom is -0.461 e. The van der Waals surface area contributed by atoms with Gasteiger partial charge in [0.2, 0.25) is 0 Å². The zero-order chi connectivity index (χ0) is 20.8. The molecular formula is C24H23ClN2O2S. The predicted molar refractivity (Wildman–Crippen MR) is 124 cm³/mol. The number of benzene rings is 1. The molecule has 4 aromatic rings. The second-order valence-electron chi connectivity index (χ2n) is 8.16. The average molecular weight is 439 g/mol. The first kappa shape index (κ1) is 19.6. The molecule has 3 aromatic heterocycles. The molecule has 0 spiro atoms. The highest BCUT2D eigenvalue weighted by atomic mass is 35.5. The van der Waals surface area contributed by atoms with Crippen molar-refractivity contribution < 1.29 is 4.42 Å². The first-order valence-electron chi connectivity index (χ1n) is 10.4. The summed E-state index contributed by atoms with van der Waals surface area (Å²) < 4.78 is 7.77. The number of nitrogens with zero attached hydrogens (tertiary/aromatic N) is 2. The number of furan rings is 1. The molecule has 0 amide bonds. The molecule has 0 fully saturated rings. The average Bonchev–Trinajstić information content (AvgIpc) is 3.28. The highest BCUT2D eigenvalue weighted by Gasteiger charge is 2.22. The number of aromatic nitrogens is 2. The minimum absolute atomic E-state index is 0.0776. The van der Waals surface area contributed by atoms with Crippen LogP contribution in [-0.2, 0) is 32.2 Å². The Kier molecular flexibility index (Phi) is 5.03. The van der Waals surface area contributed by atoms with Gasteiger partial charge in [0.1, 0.15) is 22.0 Å². The van der Waals surface area contributed by atoms with Gasteiger partial charge in [0.05, 0.1) is 5.39 Å². The van der Waals surface area contributed by atoms with Crippen molar-refractivity contribution in [2.45, 2.75) is 52.0 Å². The molecule has 1 aliphatic rings. The van der Waals surface area contributed by atoms with Crippen LogP contribution in [0.25, 0.3) is 21.2 Å². The van der Waals surface area contributed by atoms with Crippen molar-refractivity contribution in [3.63, 3.8) is 0 Å². The van der Waals surface area contributed by atoms with Gasteiger partial charge < -0.3 is 4.42 Å². The Bertz CT molecular complexity index is 1340. The summed E-state index contributed by atoms with van der Waals surface area (Å²) in [5.74, 6) is 1.67. The number of rotatable bonds is 5. The van der Waals surface area contributed by atoms with E-state index in [0.717, 1.165) is 57.6 Å². The molecule has 5 rings (SSSR count). The fourth-order valence-corrected chi connectivity index (χ4v) is 5.76. The number of halogens is 1. The van der Waals surface area contributed by atoms with Crippen LogP contribution >= 0.6 is 22.9 Å². The maximum atomic E-state index is 13.5. The van der Waals surface area contributed by atoms with Crippen molar-refractivity contribution in [1.29, 1.82) is 0 Å². The Morgan fingerprint density at radius 2 is 2.10 bits per heavy atom. The first-order valence-corrected chi connectivity index (χ1v) is 11.6. The number of allylic oxidation sites excluding steroid dienone is 1. The molecule has 0 bridgehead atoms. The van der Waals surface area contributed by atoms with E-state index in [2.05, 4.69) is 6.58 Å². The SMILES string of the molecule is C=C(C)Cn1c(CCc2cc3ccc(Cl)cc3o2)nc2sc3c(c2c1=O)CCCC3. The summed E-state index contributed by atoms with van der Waals surface area (Å²) in [6, 6.07) is 7.69. The van der Waals surface area contributed by atoms with Gasteiger partial charge in [0, 0.05) is 34.7 Å². The number of fused-ring (bicyclic) bond motifs is 4. The summed E-state index contributed by atoms with van der Waals surface area (Å²) in [6.45, 7) is 6.48. The normalized spacial score (nSPS) is 13.8. The second kappa shape index (κ2) is 7.71. The lowest BCUT2D eigenvalue weighted by Crippen LogP contribution is -2.26. The Morgan fingerprint density at radius 1 is 1.27 bits per heavy atom. The van der Waals surface area contributed by atoms with Gasteiger partial charge in [0.25, 0.3) is 5.56 Å². The van der Waals surface area contributed by atoms with Gasteiger partial charge in [-0.25, -0.2) is 4.98 Å². The summed E-state index contributed by atoms with van der Waals surface area (Å²) in [7, 11) is 0. The van der Waals surface area contributed by atoms with Crippen LogP contribution in [0.1, 0.15) is 41.8 Å². The van der Waals surface area contributed by atoms with Gasteiger partial charge in [-0.2, -0.15) is 0 Å². The van der Waals surface area contributed by atoms with E-state index in [-0.39, 0.29) is 5.56 Å². The highest BCUT2D eigenvalue weighted by Crippen LogP contribution is 2.34. The molecule has 1 aliphatic carbocycles. The molecule has 0 unspecified atom stereocenters. The van der Waals surface area contributed by atoms with Crippen molar-refractivity contribution in [2.24, 2.45) is 0 Å². The van der Waals surface area contributed by atoms with E-state index >= 15 is 0 Å². The lowest BCUT2D eigenvalue weighted by molar-refractivity contribution is 0.538. The van der Waals surface area contributed by atoms with Crippen molar-refractivity contribution >= 4 is 44.1 Å². The van der Waals surface area contributed by atoms with Crippen LogP contribution in [0.4, 0.5) is 0 Å². The number of thiophene rings is 1. The fraction of sp³-hybridized carbons (Fsp3) is 0.333. The fourth-order valence-electron chi connectivity index (χ4n) is 4.32. The summed E-state index contributed by atoms with van der Waals surface area (Å²) in [5, 5.41) is 2.52. The number of hydrogen-bond donors (Lipinski definition) is 0. The number of aryl methyl sites for hydroxylation is 4. The highest BCUT2D eigenvalue weighted by molar-refractivity contribution is 7.18. The minimum atomic E-state index is 0.0776. The first-order chi connectivity index (χ1) is 14.5. The van der Waals surface area contributed by atoms with Crippen LogP contribution < -0.4 is 5.56 Å². The Hall–Kier alpha value is -2.37. The van der Waals surface area contributed by atoms with Gasteiger partial charge in [0.15, 0.2) is 0 Å². The molecule has 0 saturated carbocycles. The molecule has 30 heavy (non-hydrogen) atoms. The Morgan fingerprint density at radius 3 is 2.93 bits per heavy atom. The molecular weight excluding hydrogens is 416 g/mol. The van der Waals surface area contributed by atoms with Crippen LogP contribution in [-0.4, -0.2) is 9.55 Å². The smallest absolute Gasteiger partial charge is 0.262 e. The standard InChI is InChI=1S/C24H23ClN2O2S/c1-14(2)13-27-21(10-9-17-11-15-7-8-16(25)12-19(15)29-17)26-23-22(24(27)28)18-5-3-4-6-20(18)30-23/h7-8,11-12H,1,3-6,9-10,13H2,2H3. The molecule has 6 heteroatoms. The third-order valence-electron chi connectivity index (χ3n) is 5.71. The molecule has 154 valence electrons. The van der Waals surface area contributed by atoms with Crippen molar-refractivity contribution in [2.75, 3.05) is 0 Å². The van der Waals surface area contributed by atoms with Gasteiger partial charge in [-0.05, 0) is 62.4 Å². The van der Waals surface area contributed by atoms with E-state index in [1.807, 2.05) is 35.8 Å². The molecule has 4 nitrogen and oxygen atoms in total. The van der Waals surface area contributed by atoms with Crippen LogP contribution in [0.15, 0.2) is 45.6 Å². The lowest BCUT2D eigenvalue weighted by atomic mass is 9.97. The van der Waals surface area contributed by atoms with Crippen LogP contribution in [0.2, 0.25) is 5.02 Å². The zero-order valence-corrected chi connectivity index (χ0v) is 18.5. The molecule has 1 aromatic carbocycles. The molecule has 0 N–H and O–H groups in total. The van der Waals surface area contributed by atoms with E-state index in [9.17, 15) is 4.79 Å². The third-order valence-corrected chi connectivity index (χ3v) is 7.13. The van der Waals surface area contributed by atoms with Gasteiger partial charge in [-0.3, -0.25) is 9.36 Å². The van der Waals surface area contributed by atoms with E-state index in [1.54, 1.807) is 11.3 Å². The van der Waals surface area contributed by atoms with Crippen LogP contribution in [0.3, 0.4) is 0 Å². The molecule has 0 aliphatic heterocycles. The van der Waals surface area contributed by atoms with E-state index in [4.69, 9.17) is 21.0 Å². The monoisotopic (exact) mass is 438 g/mol. The molecule has 0 atom stereocenters. The third kappa shape index (κ3) is 3.50. The summed E-state index contributed by atoms with van der Waals surface area (Å²) in [6.07, 6.45) is 5.70. The van der Waals surface area contributed by atoms with Gasteiger partial charge in [-0.15, -0.1) is 11.3 Å². The largest absolute Gasteiger partial charge is 0.461 e. The Labute approximate surface area is 183 Å². The van der Waals surface area contributed by atoms with Crippen molar-refractivity contribution in [3.05, 3.63) is 73.8 Å². The van der Waals surface area contributed by atoms with E-state index in [1.165, 1.54) is 16.9 Å². The topological polar surface area (TPSA) is 48.0 Å². The quantitative estimate of drug-likeness (QED) is 0.354. The van der Waals surface area contributed by atoms with Gasteiger partial charge in [-0.1, -0.05) is 23.8 Å². The Balaban J connectivity index is 1.54. The molecule has 0 saturated heterocycles. The van der Waals surface area contributed by atoms with Crippen molar-refractivity contribution in [3.8, 4) is 0 Å². The summed E-state index contributed by atoms with van der Waals surface area (Å²) in [5.41, 5.74) is 3.04. The second-order valence-corrected chi connectivity index (χ2v) is 9.68. The molecule has 3 heterocycles. The summed E-state index contributed by atoms with van der Waals surface area (Å²) in [4.78, 5) is 20.6. The van der Waals surface area contributed by atoms with E-state index < -0.39 is 0 Å². The summed E-state index contributed by atoms with van der Waals surface area (Å²) >= 11 is 7.77. The zero-order valence-electron chi connectivity index (χ0n) is 17.0. The molecule has 0 radical (unpaired) electrons. The van der Waals surface area contributed by atoms with E-state index in [0.29, 0.717) is 24.4 Å². The lowest BCUT2D eigenvalue weighted by Gasteiger charge is -2.13. The maximum absolute atomic E-state index is 13.5. The van der Waals surface area contributed by atoms with Crippen LogP contribution in [0.5, 0.6) is 0 Å². The predicted octanol–water partition coefficient (Wildman–Crippen LogP) is 6.10. The maximum Gasteiger partial charge on any atom is 0.262 e. The van der Waals surface area contributed by atoms with Crippen LogP contribution in [0, 0.1) is 0 Å².